The van der Waals surface area contributed by atoms with Gasteiger partial charge in [-0.1, -0.05) is 80.9 Å². The number of anilines is 3. The van der Waals surface area contributed by atoms with Crippen LogP contribution in [0.15, 0.2) is 128 Å². The predicted molar refractivity (Wildman–Crippen MR) is 219 cm³/mol. The minimum atomic E-state index is -0.0434. The Labute approximate surface area is 332 Å². The molecular formula is C46H34N5OPtS-3. The van der Waals surface area contributed by atoms with Crippen LogP contribution in [0.2, 0.25) is 0 Å². The molecule has 0 saturated heterocycles. The summed E-state index contributed by atoms with van der Waals surface area (Å²) < 4.78 is 11.2. The van der Waals surface area contributed by atoms with Crippen LogP contribution < -0.4 is 14.5 Å². The molecule has 1 aliphatic heterocycles. The normalized spacial score (nSPS) is 12.9. The summed E-state index contributed by atoms with van der Waals surface area (Å²) in [6.07, 6.45) is 3.66. The van der Waals surface area contributed by atoms with E-state index in [1.807, 2.05) is 55.5 Å². The number of nitrogens with zero attached hydrogens (tertiary/aromatic N) is 5. The number of fused-ring (bicyclic) bond motifs is 7. The summed E-state index contributed by atoms with van der Waals surface area (Å²) >= 11 is 1.84. The fraction of sp³-hybridized carbons (Fsp3) is 0.109. The minimum Gasteiger partial charge on any atom is -0.504 e. The molecule has 54 heavy (non-hydrogen) atoms. The second-order valence-electron chi connectivity index (χ2n) is 14.5. The fourth-order valence-corrected chi connectivity index (χ4v) is 8.66. The summed E-state index contributed by atoms with van der Waals surface area (Å²) in [6.45, 7) is 8.73. The molecule has 0 saturated carbocycles. The maximum Gasteiger partial charge on any atom is 0.135 e. The van der Waals surface area contributed by atoms with E-state index in [0.29, 0.717) is 11.6 Å². The predicted octanol–water partition coefficient (Wildman–Crippen LogP) is 12.0. The van der Waals surface area contributed by atoms with Crippen LogP contribution >= 0.6 is 11.3 Å². The van der Waals surface area contributed by atoms with Crippen molar-refractivity contribution >= 4 is 70.4 Å². The van der Waals surface area contributed by atoms with Crippen molar-refractivity contribution in [2.45, 2.75) is 26.2 Å². The molecule has 0 unspecified atom stereocenters. The van der Waals surface area contributed by atoms with Crippen LogP contribution in [0.1, 0.15) is 26.3 Å². The third-order valence-electron chi connectivity index (χ3n) is 10.1. The molecule has 5 aromatic carbocycles. The Kier molecular flexibility index (Phi) is 8.33. The van der Waals surface area contributed by atoms with Gasteiger partial charge in [0.05, 0.1) is 0 Å². The average molecular weight is 900 g/mol. The first kappa shape index (κ1) is 34.3. The Morgan fingerprint density at radius 2 is 1.52 bits per heavy atom. The number of para-hydroxylation sites is 2. The summed E-state index contributed by atoms with van der Waals surface area (Å²) in [4.78, 5) is 13.6. The van der Waals surface area contributed by atoms with Crippen molar-refractivity contribution in [1.29, 1.82) is 0 Å². The van der Waals surface area contributed by atoms with Gasteiger partial charge in [0.1, 0.15) is 11.7 Å². The van der Waals surface area contributed by atoms with E-state index in [0.717, 1.165) is 44.7 Å². The monoisotopic (exact) mass is 899 g/mol. The molecule has 0 aliphatic carbocycles. The van der Waals surface area contributed by atoms with Gasteiger partial charge in [-0.2, -0.15) is 30.6 Å². The molecule has 0 N–H and O–H groups in total. The molecule has 268 valence electrons. The molecule has 0 amide bonds. The van der Waals surface area contributed by atoms with Crippen LogP contribution in [0.5, 0.6) is 11.6 Å². The van der Waals surface area contributed by atoms with Crippen molar-refractivity contribution in [2.75, 3.05) is 16.8 Å². The molecule has 5 heterocycles. The van der Waals surface area contributed by atoms with Crippen molar-refractivity contribution < 1.29 is 25.8 Å². The van der Waals surface area contributed by atoms with Gasteiger partial charge in [-0.15, -0.1) is 28.9 Å². The number of hydrogen-bond donors (Lipinski definition) is 0. The molecule has 8 heteroatoms. The molecular weight excluding hydrogens is 866 g/mol. The standard InChI is InChI=1S/C46H34N5OS.Pt/c1-46(2,3)30-20-22-47-43(25-30)51-37-19-16-29(33-11-9-15-42-45(33)35-10-5-8-14-41(35)53-42)24-36(37)34-18-17-32(27-40(34)51)52-44-26-31(21-23-48-44)50-28-49(4)38-12-6-7-13-39(38)50;/h5-25,28H,1-4H3;/q-3;. The van der Waals surface area contributed by atoms with E-state index in [-0.39, 0.29) is 26.5 Å². The third kappa shape index (κ3) is 5.66. The SMILES string of the molecule is CN1[CH-]N(c2[c-]c(Oc3[c-]c4c(cc3)c3cc(-c5cccc6sc7ccccc7c56)ccc3n4-c3cc(C(C)(C)C)ccn3)ncc2)c2ccccc21.[Pt]. The molecule has 4 aromatic heterocycles. The van der Waals surface area contributed by atoms with Gasteiger partial charge in [0.2, 0.25) is 0 Å². The first-order valence-corrected chi connectivity index (χ1v) is 18.5. The topological polar surface area (TPSA) is 46.4 Å². The van der Waals surface area contributed by atoms with Gasteiger partial charge in [0, 0.05) is 70.1 Å². The van der Waals surface area contributed by atoms with Gasteiger partial charge < -0.3 is 19.1 Å². The van der Waals surface area contributed by atoms with Crippen LogP contribution in [0.3, 0.4) is 0 Å². The number of benzene rings is 5. The van der Waals surface area contributed by atoms with Crippen molar-refractivity contribution in [3.05, 3.63) is 152 Å². The zero-order chi connectivity index (χ0) is 35.8. The van der Waals surface area contributed by atoms with E-state index >= 15 is 0 Å². The van der Waals surface area contributed by atoms with Crippen molar-refractivity contribution in [3.8, 4) is 28.6 Å². The van der Waals surface area contributed by atoms with Crippen molar-refractivity contribution in [3.63, 3.8) is 0 Å². The van der Waals surface area contributed by atoms with Crippen LogP contribution in [-0.4, -0.2) is 21.6 Å². The second-order valence-corrected chi connectivity index (χ2v) is 15.6. The number of hydrogen-bond acceptors (Lipinski definition) is 6. The molecule has 0 atom stereocenters. The Hall–Kier alpha value is -5.49. The van der Waals surface area contributed by atoms with Gasteiger partial charge in [-0.25, -0.2) is 4.98 Å². The van der Waals surface area contributed by atoms with Gasteiger partial charge in [-0.05, 0) is 83.2 Å². The molecule has 10 rings (SSSR count). The molecule has 1 aliphatic rings. The molecule has 6 nitrogen and oxygen atoms in total. The molecule has 0 fully saturated rings. The van der Waals surface area contributed by atoms with Gasteiger partial charge in [0.25, 0.3) is 0 Å². The Bertz CT molecular complexity index is 2890. The first-order chi connectivity index (χ1) is 25.8. The van der Waals surface area contributed by atoms with Crippen LogP contribution in [0.25, 0.3) is 58.9 Å². The Morgan fingerprint density at radius 3 is 2.39 bits per heavy atom. The fourth-order valence-electron chi connectivity index (χ4n) is 7.52. The van der Waals surface area contributed by atoms with Crippen LogP contribution in [0, 0.1) is 18.8 Å². The number of aromatic nitrogens is 3. The summed E-state index contributed by atoms with van der Waals surface area (Å²) in [5.41, 5.74) is 8.54. The molecule has 0 radical (unpaired) electrons. The molecule has 0 spiro atoms. The largest absolute Gasteiger partial charge is 0.504 e. The quantitative estimate of drug-likeness (QED) is 0.161. The van der Waals surface area contributed by atoms with E-state index < -0.39 is 0 Å². The summed E-state index contributed by atoms with van der Waals surface area (Å²) in [6, 6.07) is 47.7. The number of ether oxygens (including phenoxy) is 1. The van der Waals surface area contributed by atoms with Crippen LogP contribution in [0.4, 0.5) is 17.1 Å². The van der Waals surface area contributed by atoms with Gasteiger partial charge >= 0.3 is 0 Å². The number of rotatable bonds is 5. The smallest absolute Gasteiger partial charge is 0.135 e. The van der Waals surface area contributed by atoms with Gasteiger partial charge in [-0.3, -0.25) is 4.98 Å². The number of pyridine rings is 2. The van der Waals surface area contributed by atoms with E-state index in [1.165, 1.54) is 36.9 Å². The van der Waals surface area contributed by atoms with Crippen molar-refractivity contribution in [1.82, 2.24) is 14.5 Å². The zero-order valence-corrected chi connectivity index (χ0v) is 33.2. The van der Waals surface area contributed by atoms with E-state index in [1.54, 1.807) is 6.20 Å². The maximum atomic E-state index is 6.43. The van der Waals surface area contributed by atoms with Crippen molar-refractivity contribution in [2.24, 2.45) is 0 Å². The number of thiophene rings is 1. The van der Waals surface area contributed by atoms with E-state index in [2.05, 4.69) is 143 Å². The Morgan fingerprint density at radius 1 is 0.722 bits per heavy atom. The maximum absolute atomic E-state index is 6.43. The minimum absolute atomic E-state index is 0. The average Bonchev–Trinajstić information content (AvgIpc) is 3.83. The Balaban J connectivity index is 0.00000384. The van der Waals surface area contributed by atoms with E-state index in [9.17, 15) is 0 Å². The third-order valence-corrected chi connectivity index (χ3v) is 11.3. The summed E-state index contributed by atoms with van der Waals surface area (Å²) in [5, 5.41) is 4.78. The molecule has 9 aromatic rings. The van der Waals surface area contributed by atoms with Gasteiger partial charge in [0.15, 0.2) is 0 Å². The van der Waals surface area contributed by atoms with E-state index in [4.69, 9.17) is 9.72 Å². The second kappa shape index (κ2) is 13.1. The summed E-state index contributed by atoms with van der Waals surface area (Å²) in [7, 11) is 2.04. The zero-order valence-electron chi connectivity index (χ0n) is 30.1. The first-order valence-electron chi connectivity index (χ1n) is 17.7. The summed E-state index contributed by atoms with van der Waals surface area (Å²) in [5.74, 6) is 1.75. The van der Waals surface area contributed by atoms with Crippen LogP contribution in [-0.2, 0) is 26.5 Å². The molecule has 0 bridgehead atoms.